The monoisotopic (exact) mass is 256 g/mol. The van der Waals surface area contributed by atoms with Gasteiger partial charge in [0.1, 0.15) is 0 Å². The Morgan fingerprint density at radius 1 is 1.26 bits per heavy atom. The predicted molar refractivity (Wildman–Crippen MR) is 78.0 cm³/mol. The molecule has 2 N–H and O–H groups in total. The van der Waals surface area contributed by atoms with Crippen molar-refractivity contribution in [3.8, 4) is 0 Å². The molecule has 3 heteroatoms. The molecule has 0 aliphatic rings. The van der Waals surface area contributed by atoms with Crippen LogP contribution in [0.5, 0.6) is 0 Å². The van der Waals surface area contributed by atoms with E-state index in [-0.39, 0.29) is 5.78 Å². The number of para-hydroxylation sites is 1. The summed E-state index contributed by atoms with van der Waals surface area (Å²) in [6.07, 6.45) is 1.92. The first-order valence-corrected chi connectivity index (χ1v) is 6.70. The standard InChI is InChI=1S/C16H20N2O/c1-3-10-16(2,17)15(19)11-13-9-8-12-6-4-5-7-14(12)18-13/h4-9H,3,10-11,17H2,1-2H3. The second-order valence-electron chi connectivity index (χ2n) is 5.26. The number of rotatable bonds is 5. The molecule has 2 rings (SSSR count). The van der Waals surface area contributed by atoms with Crippen LogP contribution < -0.4 is 5.73 Å². The van der Waals surface area contributed by atoms with E-state index in [0.29, 0.717) is 12.8 Å². The van der Waals surface area contributed by atoms with Crippen molar-refractivity contribution in [3.63, 3.8) is 0 Å². The Morgan fingerprint density at radius 3 is 2.74 bits per heavy atom. The first kappa shape index (κ1) is 13.7. The van der Waals surface area contributed by atoms with Gasteiger partial charge in [-0.2, -0.15) is 0 Å². The van der Waals surface area contributed by atoms with Crippen molar-refractivity contribution in [2.24, 2.45) is 5.73 Å². The van der Waals surface area contributed by atoms with Crippen LogP contribution >= 0.6 is 0 Å². The molecule has 0 aliphatic heterocycles. The molecule has 0 spiro atoms. The van der Waals surface area contributed by atoms with Crippen molar-refractivity contribution >= 4 is 16.7 Å². The Hall–Kier alpha value is -1.74. The van der Waals surface area contributed by atoms with E-state index < -0.39 is 5.54 Å². The average molecular weight is 256 g/mol. The molecule has 0 aliphatic carbocycles. The summed E-state index contributed by atoms with van der Waals surface area (Å²) in [6, 6.07) is 11.8. The lowest BCUT2D eigenvalue weighted by Crippen LogP contribution is -2.45. The van der Waals surface area contributed by atoms with Gasteiger partial charge in [-0.3, -0.25) is 9.78 Å². The number of fused-ring (bicyclic) bond motifs is 1. The highest BCUT2D eigenvalue weighted by Gasteiger charge is 2.27. The molecule has 1 heterocycles. The van der Waals surface area contributed by atoms with E-state index in [2.05, 4.69) is 4.98 Å². The SMILES string of the molecule is CCCC(C)(N)C(=O)Cc1ccc2ccccc2n1. The van der Waals surface area contributed by atoms with Crippen LogP contribution in [-0.2, 0) is 11.2 Å². The molecule has 0 saturated heterocycles. The second kappa shape index (κ2) is 5.49. The van der Waals surface area contributed by atoms with Gasteiger partial charge in [0.2, 0.25) is 0 Å². The van der Waals surface area contributed by atoms with Crippen LogP contribution in [0.3, 0.4) is 0 Å². The van der Waals surface area contributed by atoms with Crippen LogP contribution in [0.2, 0.25) is 0 Å². The fourth-order valence-electron chi connectivity index (χ4n) is 2.23. The summed E-state index contributed by atoms with van der Waals surface area (Å²) in [5.41, 5.74) is 7.01. The Labute approximate surface area is 113 Å². The zero-order valence-corrected chi connectivity index (χ0v) is 11.5. The van der Waals surface area contributed by atoms with E-state index in [1.807, 2.05) is 43.3 Å². The number of nitrogens with zero attached hydrogens (tertiary/aromatic N) is 1. The molecule has 0 radical (unpaired) electrons. The number of carbonyl (C=O) groups excluding carboxylic acids is 1. The summed E-state index contributed by atoms with van der Waals surface area (Å²) in [7, 11) is 0. The fraction of sp³-hybridized carbons (Fsp3) is 0.375. The van der Waals surface area contributed by atoms with Crippen molar-refractivity contribution in [2.45, 2.75) is 38.6 Å². The maximum absolute atomic E-state index is 12.2. The van der Waals surface area contributed by atoms with Crippen molar-refractivity contribution < 1.29 is 4.79 Å². The quantitative estimate of drug-likeness (QED) is 0.895. The van der Waals surface area contributed by atoms with Crippen molar-refractivity contribution in [2.75, 3.05) is 0 Å². The van der Waals surface area contributed by atoms with Gasteiger partial charge in [-0.15, -0.1) is 0 Å². The molecule has 3 nitrogen and oxygen atoms in total. The lowest BCUT2D eigenvalue weighted by atomic mass is 9.89. The number of benzene rings is 1. The van der Waals surface area contributed by atoms with E-state index in [9.17, 15) is 4.79 Å². The number of hydrogen-bond donors (Lipinski definition) is 1. The highest BCUT2D eigenvalue weighted by Crippen LogP contribution is 2.16. The number of Topliss-reactive ketones (excluding diaryl/α,β-unsaturated/α-hetero) is 1. The molecule has 19 heavy (non-hydrogen) atoms. The number of nitrogens with two attached hydrogens (primary N) is 1. The van der Waals surface area contributed by atoms with Gasteiger partial charge in [0.15, 0.2) is 5.78 Å². The van der Waals surface area contributed by atoms with Gasteiger partial charge in [0, 0.05) is 11.1 Å². The van der Waals surface area contributed by atoms with Crippen LogP contribution in [0, 0.1) is 0 Å². The normalized spacial score (nSPS) is 14.3. The Kier molecular flexibility index (Phi) is 3.96. The molecular formula is C16H20N2O. The van der Waals surface area contributed by atoms with Crippen LogP contribution in [0.4, 0.5) is 0 Å². The van der Waals surface area contributed by atoms with Crippen molar-refractivity contribution in [3.05, 3.63) is 42.1 Å². The molecule has 1 aromatic carbocycles. The van der Waals surface area contributed by atoms with Crippen LogP contribution in [0.1, 0.15) is 32.4 Å². The fourth-order valence-corrected chi connectivity index (χ4v) is 2.23. The van der Waals surface area contributed by atoms with Gasteiger partial charge in [0.25, 0.3) is 0 Å². The third-order valence-electron chi connectivity index (χ3n) is 3.40. The number of carbonyl (C=O) groups is 1. The highest BCUT2D eigenvalue weighted by atomic mass is 16.1. The van der Waals surface area contributed by atoms with Gasteiger partial charge in [-0.25, -0.2) is 0 Å². The molecule has 0 amide bonds. The minimum absolute atomic E-state index is 0.0529. The summed E-state index contributed by atoms with van der Waals surface area (Å²) in [6.45, 7) is 3.84. The molecule has 0 bridgehead atoms. The molecule has 100 valence electrons. The van der Waals surface area contributed by atoms with E-state index in [1.54, 1.807) is 6.92 Å². The minimum atomic E-state index is -0.748. The van der Waals surface area contributed by atoms with Gasteiger partial charge >= 0.3 is 0 Å². The third kappa shape index (κ3) is 3.18. The van der Waals surface area contributed by atoms with E-state index >= 15 is 0 Å². The van der Waals surface area contributed by atoms with Gasteiger partial charge < -0.3 is 5.73 Å². The second-order valence-corrected chi connectivity index (χ2v) is 5.26. The smallest absolute Gasteiger partial charge is 0.158 e. The Bertz CT molecular complexity index is 590. The maximum Gasteiger partial charge on any atom is 0.158 e. The average Bonchev–Trinajstić information content (AvgIpc) is 2.38. The first-order valence-electron chi connectivity index (χ1n) is 6.70. The lowest BCUT2D eigenvalue weighted by molar-refractivity contribution is -0.123. The molecule has 2 aromatic rings. The lowest BCUT2D eigenvalue weighted by Gasteiger charge is -2.22. The summed E-state index contributed by atoms with van der Waals surface area (Å²) in [5, 5.41) is 1.09. The summed E-state index contributed by atoms with van der Waals surface area (Å²) in [5.74, 6) is 0.0529. The number of hydrogen-bond acceptors (Lipinski definition) is 3. The minimum Gasteiger partial charge on any atom is -0.319 e. The largest absolute Gasteiger partial charge is 0.319 e. The van der Waals surface area contributed by atoms with Gasteiger partial charge in [-0.1, -0.05) is 37.6 Å². The maximum atomic E-state index is 12.2. The van der Waals surface area contributed by atoms with E-state index in [1.165, 1.54) is 0 Å². The summed E-state index contributed by atoms with van der Waals surface area (Å²) < 4.78 is 0. The first-order chi connectivity index (χ1) is 9.03. The Morgan fingerprint density at radius 2 is 2.00 bits per heavy atom. The number of ketones is 1. The zero-order chi connectivity index (χ0) is 13.9. The molecule has 0 fully saturated rings. The molecule has 1 atom stereocenters. The number of aromatic nitrogens is 1. The summed E-state index contributed by atoms with van der Waals surface area (Å²) in [4.78, 5) is 16.7. The van der Waals surface area contributed by atoms with Gasteiger partial charge in [0.05, 0.1) is 17.5 Å². The summed E-state index contributed by atoms with van der Waals surface area (Å²) >= 11 is 0. The topological polar surface area (TPSA) is 56.0 Å². The van der Waals surface area contributed by atoms with Crippen molar-refractivity contribution in [1.82, 2.24) is 4.98 Å². The van der Waals surface area contributed by atoms with E-state index in [0.717, 1.165) is 23.0 Å². The molecule has 1 aromatic heterocycles. The van der Waals surface area contributed by atoms with Crippen LogP contribution in [-0.4, -0.2) is 16.3 Å². The Balaban J connectivity index is 2.19. The van der Waals surface area contributed by atoms with Gasteiger partial charge in [-0.05, 0) is 25.5 Å². The van der Waals surface area contributed by atoms with Crippen LogP contribution in [0.15, 0.2) is 36.4 Å². The molecular weight excluding hydrogens is 236 g/mol. The zero-order valence-electron chi connectivity index (χ0n) is 11.5. The molecule has 1 unspecified atom stereocenters. The van der Waals surface area contributed by atoms with E-state index in [4.69, 9.17) is 5.73 Å². The number of pyridine rings is 1. The van der Waals surface area contributed by atoms with Crippen LogP contribution in [0.25, 0.3) is 10.9 Å². The highest BCUT2D eigenvalue weighted by molar-refractivity contribution is 5.89. The molecule has 0 saturated carbocycles. The third-order valence-corrected chi connectivity index (χ3v) is 3.40. The van der Waals surface area contributed by atoms with Crippen molar-refractivity contribution in [1.29, 1.82) is 0 Å². The predicted octanol–water partition coefficient (Wildman–Crippen LogP) is 2.86.